The fourth-order valence-corrected chi connectivity index (χ4v) is 4.63. The molecule has 1 spiro atoms. The minimum atomic E-state index is -0.139. The molecular formula is C17H24N2O3S. The van der Waals surface area contributed by atoms with Crippen molar-refractivity contribution in [3.8, 4) is 0 Å². The van der Waals surface area contributed by atoms with Crippen LogP contribution in [0.2, 0.25) is 0 Å². The highest BCUT2D eigenvalue weighted by molar-refractivity contribution is 7.08. The minimum Gasteiger partial charge on any atom is -0.380 e. The molecule has 1 aromatic heterocycles. The first-order chi connectivity index (χ1) is 11.3. The van der Waals surface area contributed by atoms with Crippen molar-refractivity contribution in [2.45, 2.75) is 30.9 Å². The van der Waals surface area contributed by atoms with Crippen molar-refractivity contribution >= 4 is 17.2 Å². The third-order valence-electron chi connectivity index (χ3n) is 5.44. The second-order valence-electron chi connectivity index (χ2n) is 6.82. The molecule has 0 bridgehead atoms. The number of ether oxygens (including phenoxy) is 2. The van der Waals surface area contributed by atoms with Crippen LogP contribution in [0.3, 0.4) is 0 Å². The maximum Gasteiger partial charge on any atom is 0.254 e. The Morgan fingerprint density at radius 3 is 2.83 bits per heavy atom. The lowest BCUT2D eigenvalue weighted by Crippen LogP contribution is -2.59. The van der Waals surface area contributed by atoms with Gasteiger partial charge in [0.2, 0.25) is 0 Å². The summed E-state index contributed by atoms with van der Waals surface area (Å²) in [6.45, 7) is 5.96. The largest absolute Gasteiger partial charge is 0.380 e. The molecule has 3 saturated heterocycles. The van der Waals surface area contributed by atoms with Gasteiger partial charge < -0.3 is 14.4 Å². The van der Waals surface area contributed by atoms with Gasteiger partial charge in [0, 0.05) is 37.7 Å². The number of piperidine rings is 1. The Labute approximate surface area is 141 Å². The molecule has 0 aliphatic carbocycles. The Hall–Kier alpha value is -0.950. The lowest BCUT2D eigenvalue weighted by molar-refractivity contribution is -0.130. The summed E-state index contributed by atoms with van der Waals surface area (Å²) >= 11 is 1.58. The molecule has 1 atom stereocenters. The zero-order valence-corrected chi connectivity index (χ0v) is 14.2. The monoisotopic (exact) mass is 336 g/mol. The van der Waals surface area contributed by atoms with Gasteiger partial charge in [0.1, 0.15) is 0 Å². The van der Waals surface area contributed by atoms with E-state index in [4.69, 9.17) is 9.47 Å². The molecule has 1 aromatic rings. The van der Waals surface area contributed by atoms with Gasteiger partial charge >= 0.3 is 0 Å². The third-order valence-corrected chi connectivity index (χ3v) is 6.12. The predicted octanol–water partition coefficient (Wildman–Crippen LogP) is 1.84. The first-order valence-corrected chi connectivity index (χ1v) is 9.47. The van der Waals surface area contributed by atoms with Gasteiger partial charge in [0.05, 0.1) is 30.9 Å². The SMILES string of the molecule is O=C(c1ccsc1)N1CCOC2(CCN([C@H]3CCOC3)CC2)C1. The van der Waals surface area contributed by atoms with Crippen LogP contribution in [0.15, 0.2) is 16.8 Å². The average Bonchev–Trinajstić information content (AvgIpc) is 3.29. The van der Waals surface area contributed by atoms with E-state index in [1.165, 1.54) is 0 Å². The first-order valence-electron chi connectivity index (χ1n) is 8.53. The molecule has 0 unspecified atom stereocenters. The number of carbonyl (C=O) groups excluding carboxylic acids is 1. The summed E-state index contributed by atoms with van der Waals surface area (Å²) in [5.41, 5.74) is 0.674. The molecule has 4 rings (SSSR count). The van der Waals surface area contributed by atoms with Gasteiger partial charge in [-0.15, -0.1) is 0 Å². The number of morpholine rings is 1. The fourth-order valence-electron chi connectivity index (χ4n) is 4.00. The van der Waals surface area contributed by atoms with E-state index in [1.54, 1.807) is 11.3 Å². The Kier molecular flexibility index (Phi) is 4.41. The van der Waals surface area contributed by atoms with Gasteiger partial charge in [0.15, 0.2) is 0 Å². The van der Waals surface area contributed by atoms with Crippen molar-refractivity contribution in [1.29, 1.82) is 0 Å². The number of thiophene rings is 1. The van der Waals surface area contributed by atoms with Crippen molar-refractivity contribution < 1.29 is 14.3 Å². The van der Waals surface area contributed by atoms with Crippen molar-refractivity contribution in [3.63, 3.8) is 0 Å². The summed E-state index contributed by atoms with van der Waals surface area (Å²) in [5, 5.41) is 3.90. The Morgan fingerprint density at radius 2 is 2.13 bits per heavy atom. The van der Waals surface area contributed by atoms with Gasteiger partial charge in [0.25, 0.3) is 5.91 Å². The highest BCUT2D eigenvalue weighted by atomic mass is 32.1. The van der Waals surface area contributed by atoms with Crippen LogP contribution in [0.25, 0.3) is 0 Å². The summed E-state index contributed by atoms with van der Waals surface area (Å²) in [5.74, 6) is 0.153. The van der Waals surface area contributed by atoms with Gasteiger partial charge in [-0.25, -0.2) is 0 Å². The second-order valence-corrected chi connectivity index (χ2v) is 7.60. The van der Waals surface area contributed by atoms with Crippen molar-refractivity contribution in [1.82, 2.24) is 9.80 Å². The second kappa shape index (κ2) is 6.51. The molecule has 0 N–H and O–H groups in total. The van der Waals surface area contributed by atoms with Crippen molar-refractivity contribution in [2.75, 3.05) is 46.0 Å². The summed E-state index contributed by atoms with van der Waals surface area (Å²) in [7, 11) is 0. The maximum absolute atomic E-state index is 12.6. The lowest BCUT2D eigenvalue weighted by Gasteiger charge is -2.48. The van der Waals surface area contributed by atoms with Crippen LogP contribution in [0, 0.1) is 0 Å². The molecule has 23 heavy (non-hydrogen) atoms. The van der Waals surface area contributed by atoms with E-state index in [2.05, 4.69) is 4.90 Å². The number of nitrogens with zero attached hydrogens (tertiary/aromatic N) is 2. The number of likely N-dealkylation sites (tertiary alicyclic amines) is 1. The molecule has 0 radical (unpaired) electrons. The van der Waals surface area contributed by atoms with E-state index in [0.29, 0.717) is 19.2 Å². The van der Waals surface area contributed by atoms with Gasteiger partial charge in [-0.2, -0.15) is 11.3 Å². The molecule has 0 aromatic carbocycles. The number of hydrogen-bond donors (Lipinski definition) is 0. The van der Waals surface area contributed by atoms with Crippen LogP contribution in [0.4, 0.5) is 0 Å². The number of hydrogen-bond acceptors (Lipinski definition) is 5. The van der Waals surface area contributed by atoms with E-state index in [9.17, 15) is 4.79 Å². The molecule has 4 heterocycles. The normalized spacial score (nSPS) is 28.3. The number of amides is 1. The predicted molar refractivity (Wildman–Crippen MR) is 88.9 cm³/mol. The highest BCUT2D eigenvalue weighted by Gasteiger charge is 2.42. The summed E-state index contributed by atoms with van der Waals surface area (Å²) in [6.07, 6.45) is 3.17. The number of carbonyl (C=O) groups is 1. The number of rotatable bonds is 2. The van der Waals surface area contributed by atoms with Crippen LogP contribution in [0.5, 0.6) is 0 Å². The van der Waals surface area contributed by atoms with Crippen molar-refractivity contribution in [3.05, 3.63) is 22.4 Å². The molecule has 126 valence electrons. The zero-order chi connectivity index (χ0) is 15.7. The Balaban J connectivity index is 1.38. The summed E-state index contributed by atoms with van der Waals surface area (Å²) in [4.78, 5) is 17.1. The van der Waals surface area contributed by atoms with Crippen LogP contribution < -0.4 is 0 Å². The molecule has 3 aliphatic heterocycles. The van der Waals surface area contributed by atoms with Gasteiger partial charge in [-0.05, 0) is 30.7 Å². The smallest absolute Gasteiger partial charge is 0.254 e. The lowest BCUT2D eigenvalue weighted by atomic mass is 9.88. The zero-order valence-electron chi connectivity index (χ0n) is 13.4. The molecule has 5 nitrogen and oxygen atoms in total. The average molecular weight is 336 g/mol. The van der Waals surface area contributed by atoms with E-state index in [0.717, 1.165) is 57.7 Å². The minimum absolute atomic E-state index is 0.139. The molecular weight excluding hydrogens is 312 g/mol. The quantitative estimate of drug-likeness (QED) is 0.826. The van der Waals surface area contributed by atoms with Crippen LogP contribution in [-0.4, -0.2) is 73.3 Å². The Morgan fingerprint density at radius 1 is 1.26 bits per heavy atom. The van der Waals surface area contributed by atoms with E-state index in [1.807, 2.05) is 21.7 Å². The van der Waals surface area contributed by atoms with Crippen molar-refractivity contribution in [2.24, 2.45) is 0 Å². The molecule has 1 amide bonds. The van der Waals surface area contributed by atoms with E-state index in [-0.39, 0.29) is 11.5 Å². The highest BCUT2D eigenvalue weighted by Crippen LogP contribution is 2.32. The first kappa shape index (κ1) is 15.6. The van der Waals surface area contributed by atoms with Gasteiger partial charge in [-0.3, -0.25) is 9.69 Å². The topological polar surface area (TPSA) is 42.0 Å². The summed E-state index contributed by atoms with van der Waals surface area (Å²) in [6, 6.07) is 2.50. The van der Waals surface area contributed by atoms with Crippen LogP contribution >= 0.6 is 11.3 Å². The molecule has 3 fully saturated rings. The van der Waals surface area contributed by atoms with Crippen LogP contribution in [0.1, 0.15) is 29.6 Å². The molecule has 0 saturated carbocycles. The fraction of sp³-hybridized carbons (Fsp3) is 0.706. The van der Waals surface area contributed by atoms with E-state index >= 15 is 0 Å². The summed E-state index contributed by atoms with van der Waals surface area (Å²) < 4.78 is 11.7. The Bertz CT molecular complexity index is 534. The van der Waals surface area contributed by atoms with Crippen LogP contribution in [-0.2, 0) is 9.47 Å². The van der Waals surface area contributed by atoms with E-state index < -0.39 is 0 Å². The standard InChI is InChI=1S/C17H24N2O3S/c20-16(14-2-10-23-12-14)19-7-9-22-17(13-19)3-5-18(6-4-17)15-1-8-21-11-15/h2,10,12,15H,1,3-9,11,13H2/t15-/m0/s1. The maximum atomic E-state index is 12.6. The molecule has 3 aliphatic rings. The third kappa shape index (κ3) is 3.18. The van der Waals surface area contributed by atoms with Gasteiger partial charge in [-0.1, -0.05) is 0 Å². The molecule has 6 heteroatoms.